The molecule has 5 nitrogen and oxygen atoms in total. The van der Waals surface area contributed by atoms with Gasteiger partial charge in [0.05, 0.1) is 7.11 Å². The van der Waals surface area contributed by atoms with Gasteiger partial charge in [-0.3, -0.25) is 4.79 Å². The zero-order valence-electron chi connectivity index (χ0n) is 17.8. The van der Waals surface area contributed by atoms with Crippen molar-refractivity contribution in [2.45, 2.75) is 59.0 Å². The van der Waals surface area contributed by atoms with Crippen molar-refractivity contribution in [1.82, 2.24) is 16.0 Å². The molecule has 0 saturated heterocycles. The topological polar surface area (TPSA) is 62.4 Å². The molecular weight excluding hydrogens is 357 g/mol. The summed E-state index contributed by atoms with van der Waals surface area (Å²) in [4.78, 5) is 13.0. The predicted molar refractivity (Wildman–Crippen MR) is 110 cm³/mol. The fourth-order valence-corrected chi connectivity index (χ4v) is 3.14. The second-order valence-corrected chi connectivity index (χ2v) is 7.67. The minimum Gasteiger partial charge on any atom is -0.494 e. The first-order valence-corrected chi connectivity index (χ1v) is 9.72. The lowest BCUT2D eigenvalue weighted by atomic mass is 9.97. The van der Waals surface area contributed by atoms with E-state index < -0.39 is 5.82 Å². The average Bonchev–Trinajstić information content (AvgIpc) is 3.39. The van der Waals surface area contributed by atoms with E-state index >= 15 is 0 Å². The lowest BCUT2D eigenvalue weighted by Gasteiger charge is -2.23. The van der Waals surface area contributed by atoms with Crippen molar-refractivity contribution in [2.24, 2.45) is 0 Å². The molecule has 0 aromatic heterocycles. The van der Waals surface area contributed by atoms with Gasteiger partial charge >= 0.3 is 0 Å². The molecule has 0 radical (unpaired) electrons. The number of halogens is 1. The minimum absolute atomic E-state index is 0.0998. The fourth-order valence-electron chi connectivity index (χ4n) is 3.14. The molecule has 28 heavy (non-hydrogen) atoms. The summed E-state index contributed by atoms with van der Waals surface area (Å²) in [6, 6.07) is 4.69. The lowest BCUT2D eigenvalue weighted by molar-refractivity contribution is -0.117. The summed E-state index contributed by atoms with van der Waals surface area (Å²) in [5.41, 5.74) is 3.33. The number of allylic oxidation sites excluding steroid dienone is 1. The van der Waals surface area contributed by atoms with E-state index in [-0.39, 0.29) is 23.7 Å². The van der Waals surface area contributed by atoms with E-state index in [0.29, 0.717) is 17.6 Å². The average molecular weight is 390 g/mol. The maximum Gasteiger partial charge on any atom is 0.251 e. The predicted octanol–water partition coefficient (Wildman–Crippen LogP) is 3.77. The first-order valence-electron chi connectivity index (χ1n) is 9.72. The molecule has 1 aromatic rings. The number of hydrogen-bond donors (Lipinski definition) is 3. The summed E-state index contributed by atoms with van der Waals surface area (Å²) in [5, 5.41) is 9.69. The Morgan fingerprint density at radius 1 is 1.29 bits per heavy atom. The van der Waals surface area contributed by atoms with Gasteiger partial charge < -0.3 is 20.7 Å². The molecule has 0 unspecified atom stereocenters. The molecule has 1 saturated carbocycles. The van der Waals surface area contributed by atoms with Crippen LogP contribution in [-0.4, -0.2) is 25.6 Å². The number of ether oxygens (including phenoxy) is 1. The van der Waals surface area contributed by atoms with Crippen molar-refractivity contribution in [3.05, 3.63) is 52.1 Å². The van der Waals surface area contributed by atoms with Gasteiger partial charge in [0.15, 0.2) is 11.6 Å². The molecule has 1 aliphatic carbocycles. The van der Waals surface area contributed by atoms with E-state index in [1.165, 1.54) is 13.2 Å². The molecule has 0 bridgehead atoms. The summed E-state index contributed by atoms with van der Waals surface area (Å²) in [6.07, 6.45) is 2.95. The van der Waals surface area contributed by atoms with E-state index in [1.807, 2.05) is 27.8 Å². The van der Waals surface area contributed by atoms with Gasteiger partial charge in [0.1, 0.15) is 5.82 Å². The number of carbonyl (C=O) groups is 1. The van der Waals surface area contributed by atoms with Crippen molar-refractivity contribution in [2.75, 3.05) is 14.2 Å². The largest absolute Gasteiger partial charge is 0.494 e. The zero-order valence-corrected chi connectivity index (χ0v) is 17.8. The number of methoxy groups -OCH3 is 1. The highest BCUT2D eigenvalue weighted by atomic mass is 19.1. The summed E-state index contributed by atoms with van der Waals surface area (Å²) in [6.45, 7) is 8.33. The number of rotatable bonds is 9. The quantitative estimate of drug-likeness (QED) is 0.444. The van der Waals surface area contributed by atoms with Gasteiger partial charge in [0.25, 0.3) is 5.91 Å². The van der Waals surface area contributed by atoms with E-state index in [2.05, 4.69) is 22.9 Å². The molecule has 2 rings (SSSR count). The van der Waals surface area contributed by atoms with E-state index in [0.717, 1.165) is 29.8 Å². The van der Waals surface area contributed by atoms with Crippen molar-refractivity contribution >= 4 is 5.91 Å². The van der Waals surface area contributed by atoms with Crippen molar-refractivity contribution in [1.29, 1.82) is 0 Å². The van der Waals surface area contributed by atoms with Gasteiger partial charge in [-0.15, -0.1) is 0 Å². The molecule has 1 fully saturated rings. The van der Waals surface area contributed by atoms with Crippen LogP contribution in [0.4, 0.5) is 4.39 Å². The van der Waals surface area contributed by atoms with Crippen molar-refractivity contribution in [3.8, 4) is 5.75 Å². The van der Waals surface area contributed by atoms with Gasteiger partial charge in [0.2, 0.25) is 0 Å². The van der Waals surface area contributed by atoms with Crippen LogP contribution in [0.2, 0.25) is 0 Å². The number of carbonyl (C=O) groups excluding carboxylic acids is 1. The number of nitrogens with one attached hydrogen (secondary N) is 3. The molecule has 0 aliphatic heterocycles. The number of amides is 1. The monoisotopic (exact) mass is 389 g/mol. The Morgan fingerprint density at radius 3 is 2.43 bits per heavy atom. The van der Waals surface area contributed by atoms with Crippen LogP contribution in [0.15, 0.2) is 40.7 Å². The Hall–Kier alpha value is -2.50. The Kier molecular flexibility index (Phi) is 7.11. The van der Waals surface area contributed by atoms with Crippen LogP contribution in [0.3, 0.4) is 0 Å². The van der Waals surface area contributed by atoms with Crippen molar-refractivity contribution in [3.63, 3.8) is 0 Å². The smallest absolute Gasteiger partial charge is 0.251 e. The Balaban J connectivity index is 2.21. The van der Waals surface area contributed by atoms with E-state index in [9.17, 15) is 9.18 Å². The highest BCUT2D eigenvalue weighted by Crippen LogP contribution is 2.36. The number of benzene rings is 1. The zero-order chi connectivity index (χ0) is 20.9. The Bertz CT molecular complexity index is 791. The third-order valence-corrected chi connectivity index (χ3v) is 5.03. The molecule has 1 aromatic carbocycles. The summed E-state index contributed by atoms with van der Waals surface area (Å²) in [7, 11) is 3.29. The second kappa shape index (κ2) is 9.13. The molecule has 0 heterocycles. The van der Waals surface area contributed by atoms with Crippen LogP contribution in [-0.2, 0) is 11.3 Å². The minimum atomic E-state index is -0.440. The molecule has 1 aliphatic rings. The first kappa shape index (κ1) is 21.8. The second-order valence-electron chi connectivity index (χ2n) is 7.67. The van der Waals surface area contributed by atoms with Crippen molar-refractivity contribution < 1.29 is 13.9 Å². The normalized spacial score (nSPS) is 15.2. The molecule has 0 spiro atoms. The van der Waals surface area contributed by atoms with Crippen LogP contribution in [0.5, 0.6) is 5.75 Å². The van der Waals surface area contributed by atoms with Gasteiger partial charge in [-0.25, -0.2) is 4.39 Å². The van der Waals surface area contributed by atoms with E-state index in [4.69, 9.17) is 4.74 Å². The molecule has 1 amide bonds. The van der Waals surface area contributed by atoms with Gasteiger partial charge in [0, 0.05) is 30.3 Å². The van der Waals surface area contributed by atoms with Crippen LogP contribution >= 0.6 is 0 Å². The van der Waals surface area contributed by atoms with E-state index in [1.54, 1.807) is 12.1 Å². The first-order chi connectivity index (χ1) is 13.2. The highest BCUT2D eigenvalue weighted by Gasteiger charge is 2.38. The standard InChI is InChI=1S/C22H32FN3O2/c1-7-16(20(24-5)26-22(4)10-11-22)19(14(2)3)21(27)25-13-15-8-9-18(28-6)17(23)12-15/h8-9,12,24,26H,7,10-11,13H2,1-6H3,(H,25,27)/b20-16-. The maximum absolute atomic E-state index is 13.9. The highest BCUT2D eigenvalue weighted by molar-refractivity contribution is 5.98. The lowest BCUT2D eigenvalue weighted by Crippen LogP contribution is -2.36. The maximum atomic E-state index is 13.9. The SMILES string of the molecule is CC/C(C(C(=O)NCc1ccc(OC)c(F)c1)=C(C)C)=C(\NC)NC1(C)CC1. The third kappa shape index (κ3) is 5.27. The van der Waals surface area contributed by atoms with Gasteiger partial charge in [-0.2, -0.15) is 0 Å². The van der Waals surface area contributed by atoms with Crippen LogP contribution in [0, 0.1) is 5.82 Å². The summed E-state index contributed by atoms with van der Waals surface area (Å²) < 4.78 is 18.8. The summed E-state index contributed by atoms with van der Waals surface area (Å²) in [5.74, 6) is 0.479. The van der Waals surface area contributed by atoms with Crippen LogP contribution in [0.25, 0.3) is 0 Å². The summed E-state index contributed by atoms with van der Waals surface area (Å²) >= 11 is 0. The molecule has 0 atom stereocenters. The molecular formula is C22H32FN3O2. The Labute approximate surface area is 167 Å². The molecule has 6 heteroatoms. The third-order valence-electron chi connectivity index (χ3n) is 5.03. The number of hydrogen-bond acceptors (Lipinski definition) is 4. The molecule has 154 valence electrons. The van der Waals surface area contributed by atoms with Crippen LogP contribution in [0.1, 0.15) is 52.5 Å². The molecule has 3 N–H and O–H groups in total. The van der Waals surface area contributed by atoms with Crippen LogP contribution < -0.4 is 20.7 Å². The Morgan fingerprint density at radius 2 is 1.96 bits per heavy atom. The fraction of sp³-hybridized carbons (Fsp3) is 0.500. The van der Waals surface area contributed by atoms with Gasteiger partial charge in [-0.1, -0.05) is 18.6 Å². The van der Waals surface area contributed by atoms with Gasteiger partial charge in [-0.05, 0) is 57.7 Å².